The number of aliphatic hydroxyl groups excluding tert-OH is 1. The van der Waals surface area contributed by atoms with Crippen molar-refractivity contribution in [2.45, 2.75) is 44.6 Å². The summed E-state index contributed by atoms with van der Waals surface area (Å²) in [6, 6.07) is 12.2. The molecule has 0 spiro atoms. The lowest BCUT2D eigenvalue weighted by Gasteiger charge is -2.22. The molecule has 0 saturated heterocycles. The van der Waals surface area contributed by atoms with Crippen molar-refractivity contribution >= 4 is 11.5 Å². The maximum atomic E-state index is 12.6. The summed E-state index contributed by atoms with van der Waals surface area (Å²) in [5.74, 6) is 0.742. The number of carbonyl (C=O) groups excluding carboxylic acids is 1. The van der Waals surface area contributed by atoms with Crippen LogP contribution in [0.25, 0.3) is 0 Å². The molecule has 1 aromatic carbocycles. The number of aliphatic imine (C=N–C) groups is 1. The van der Waals surface area contributed by atoms with Gasteiger partial charge in [0, 0.05) is 24.5 Å². The molecule has 4 rings (SSSR count). The fourth-order valence-electron chi connectivity index (χ4n) is 4.00. The summed E-state index contributed by atoms with van der Waals surface area (Å²) in [5, 5.41) is 10.5. The normalized spacial score (nSPS) is 21.7. The smallest absolute Gasteiger partial charge is 0.168 e. The molecule has 2 aliphatic rings. The van der Waals surface area contributed by atoms with Crippen molar-refractivity contribution in [2.24, 2.45) is 4.99 Å². The fraction of sp³-hybridized carbons (Fsp3) is 0.333. The number of fused-ring (bicyclic) bond motifs is 1. The van der Waals surface area contributed by atoms with Crippen LogP contribution < -0.4 is 0 Å². The number of Topliss-reactive ketones (excluding diaryl/α,β-unsaturated/α-hetero) is 1. The van der Waals surface area contributed by atoms with Gasteiger partial charge < -0.3 is 9.52 Å². The Balaban J connectivity index is 1.55. The molecule has 4 heteroatoms. The van der Waals surface area contributed by atoms with Gasteiger partial charge in [0.05, 0.1) is 17.9 Å². The molecule has 1 atom stereocenters. The molecule has 1 heterocycles. The SMILES string of the molecule is CC(=NC1Cc2ccccc2C1)C1=C(O)CC(c2ccco2)CC1=O. The highest BCUT2D eigenvalue weighted by atomic mass is 16.3. The number of nitrogens with zero attached hydrogens (tertiary/aromatic N) is 1. The number of benzene rings is 1. The van der Waals surface area contributed by atoms with E-state index in [0.717, 1.165) is 18.6 Å². The average Bonchev–Trinajstić information content (AvgIpc) is 3.23. The second-order valence-corrected chi connectivity index (χ2v) is 6.91. The van der Waals surface area contributed by atoms with Gasteiger partial charge in [-0.3, -0.25) is 9.79 Å². The first-order valence-electron chi connectivity index (χ1n) is 8.72. The molecule has 2 aromatic rings. The van der Waals surface area contributed by atoms with Gasteiger partial charge in [0.1, 0.15) is 11.5 Å². The van der Waals surface area contributed by atoms with Gasteiger partial charge in [0.2, 0.25) is 0 Å². The molecule has 0 amide bonds. The van der Waals surface area contributed by atoms with Gasteiger partial charge in [0.25, 0.3) is 0 Å². The minimum Gasteiger partial charge on any atom is -0.511 e. The minimum atomic E-state index is -0.0882. The van der Waals surface area contributed by atoms with E-state index < -0.39 is 0 Å². The number of hydrogen-bond acceptors (Lipinski definition) is 4. The predicted molar refractivity (Wildman–Crippen MR) is 96.1 cm³/mol. The highest BCUT2D eigenvalue weighted by Gasteiger charge is 2.32. The lowest BCUT2D eigenvalue weighted by molar-refractivity contribution is -0.116. The lowest BCUT2D eigenvalue weighted by Crippen LogP contribution is -2.23. The first-order chi connectivity index (χ1) is 12.1. The number of ketones is 1. The van der Waals surface area contributed by atoms with Crippen molar-refractivity contribution in [2.75, 3.05) is 0 Å². The Morgan fingerprint density at radius 2 is 1.80 bits per heavy atom. The van der Waals surface area contributed by atoms with E-state index in [-0.39, 0.29) is 23.5 Å². The highest BCUT2D eigenvalue weighted by molar-refractivity contribution is 6.22. The molecular weight excluding hydrogens is 314 g/mol. The van der Waals surface area contributed by atoms with Crippen molar-refractivity contribution in [3.63, 3.8) is 0 Å². The number of carbonyl (C=O) groups is 1. The van der Waals surface area contributed by atoms with E-state index in [2.05, 4.69) is 12.1 Å². The van der Waals surface area contributed by atoms with Crippen LogP contribution in [0.2, 0.25) is 0 Å². The van der Waals surface area contributed by atoms with E-state index >= 15 is 0 Å². The van der Waals surface area contributed by atoms with Crippen LogP contribution in [0.15, 0.2) is 63.4 Å². The molecule has 0 saturated carbocycles. The number of furan rings is 1. The molecule has 1 N–H and O–H groups in total. The Bertz CT molecular complexity index is 836. The molecule has 4 nitrogen and oxygen atoms in total. The second kappa shape index (κ2) is 6.36. The Morgan fingerprint density at radius 3 is 2.40 bits per heavy atom. The molecule has 128 valence electrons. The number of allylic oxidation sites excluding steroid dienone is 2. The first kappa shape index (κ1) is 15.9. The topological polar surface area (TPSA) is 62.8 Å². The summed E-state index contributed by atoms with van der Waals surface area (Å²) >= 11 is 0. The third kappa shape index (κ3) is 3.04. The molecule has 0 radical (unpaired) electrons. The van der Waals surface area contributed by atoms with Crippen molar-refractivity contribution in [3.8, 4) is 0 Å². The number of hydrogen-bond donors (Lipinski definition) is 1. The Labute approximate surface area is 146 Å². The molecule has 0 bridgehead atoms. The van der Waals surface area contributed by atoms with E-state index in [1.54, 1.807) is 12.3 Å². The van der Waals surface area contributed by atoms with Gasteiger partial charge in [-0.2, -0.15) is 0 Å². The standard InChI is InChI=1S/C21H21NO3/c1-13(22-17-9-14-5-2-3-6-15(14)10-17)21-18(23)11-16(12-19(21)24)20-7-4-8-25-20/h2-8,16-17,23H,9-12H2,1H3. The summed E-state index contributed by atoms with van der Waals surface area (Å²) in [6.45, 7) is 1.83. The van der Waals surface area contributed by atoms with Crippen LogP contribution in [-0.4, -0.2) is 22.6 Å². The molecule has 1 unspecified atom stereocenters. The molecular formula is C21H21NO3. The quantitative estimate of drug-likeness (QED) is 0.857. The van der Waals surface area contributed by atoms with E-state index in [1.807, 2.05) is 25.1 Å². The van der Waals surface area contributed by atoms with Crippen LogP contribution in [0.1, 0.15) is 42.6 Å². The van der Waals surface area contributed by atoms with Crippen molar-refractivity contribution in [3.05, 3.63) is 70.9 Å². The van der Waals surface area contributed by atoms with Crippen LogP contribution in [0.4, 0.5) is 0 Å². The zero-order chi connectivity index (χ0) is 17.4. The maximum absolute atomic E-state index is 12.6. The third-order valence-corrected chi connectivity index (χ3v) is 5.15. The molecule has 0 aliphatic heterocycles. The zero-order valence-electron chi connectivity index (χ0n) is 14.2. The van der Waals surface area contributed by atoms with Gasteiger partial charge in [-0.1, -0.05) is 24.3 Å². The van der Waals surface area contributed by atoms with Crippen molar-refractivity contribution in [1.29, 1.82) is 0 Å². The summed E-state index contributed by atoms with van der Waals surface area (Å²) in [6.07, 6.45) is 4.16. The average molecular weight is 335 g/mol. The highest BCUT2D eigenvalue weighted by Crippen LogP contribution is 2.34. The van der Waals surface area contributed by atoms with E-state index in [4.69, 9.17) is 9.41 Å². The summed E-state index contributed by atoms with van der Waals surface area (Å²) < 4.78 is 5.39. The fourth-order valence-corrected chi connectivity index (χ4v) is 4.00. The summed E-state index contributed by atoms with van der Waals surface area (Å²) in [7, 11) is 0. The molecule has 1 aromatic heterocycles. The monoisotopic (exact) mass is 335 g/mol. The lowest BCUT2D eigenvalue weighted by atomic mass is 9.84. The van der Waals surface area contributed by atoms with Crippen LogP contribution >= 0.6 is 0 Å². The van der Waals surface area contributed by atoms with Gasteiger partial charge in [-0.05, 0) is 43.0 Å². The van der Waals surface area contributed by atoms with Gasteiger partial charge in [0.15, 0.2) is 5.78 Å². The van der Waals surface area contributed by atoms with Gasteiger partial charge >= 0.3 is 0 Å². The van der Waals surface area contributed by atoms with Crippen LogP contribution in [0.3, 0.4) is 0 Å². The third-order valence-electron chi connectivity index (χ3n) is 5.15. The predicted octanol–water partition coefficient (Wildman–Crippen LogP) is 4.17. The van der Waals surface area contributed by atoms with Crippen LogP contribution in [0.5, 0.6) is 0 Å². The zero-order valence-corrected chi connectivity index (χ0v) is 14.2. The van der Waals surface area contributed by atoms with Crippen molar-refractivity contribution in [1.82, 2.24) is 0 Å². The number of rotatable bonds is 3. The van der Waals surface area contributed by atoms with Gasteiger partial charge in [-0.15, -0.1) is 0 Å². The minimum absolute atomic E-state index is 0.0538. The summed E-state index contributed by atoms with van der Waals surface area (Å²) in [4.78, 5) is 17.4. The van der Waals surface area contributed by atoms with E-state index in [1.165, 1.54) is 11.1 Å². The van der Waals surface area contributed by atoms with E-state index in [0.29, 0.717) is 24.1 Å². The maximum Gasteiger partial charge on any atom is 0.168 e. The van der Waals surface area contributed by atoms with E-state index in [9.17, 15) is 9.90 Å². The summed E-state index contributed by atoms with van der Waals surface area (Å²) in [5.41, 5.74) is 3.71. The van der Waals surface area contributed by atoms with Gasteiger partial charge in [-0.25, -0.2) is 0 Å². The Morgan fingerprint density at radius 1 is 1.08 bits per heavy atom. The van der Waals surface area contributed by atoms with Crippen molar-refractivity contribution < 1.29 is 14.3 Å². The van der Waals surface area contributed by atoms with Crippen LogP contribution in [-0.2, 0) is 17.6 Å². The second-order valence-electron chi connectivity index (χ2n) is 6.91. The Hall–Kier alpha value is -2.62. The molecule has 2 aliphatic carbocycles. The van der Waals surface area contributed by atoms with Crippen LogP contribution in [0, 0.1) is 0 Å². The molecule has 25 heavy (non-hydrogen) atoms. The molecule has 0 fully saturated rings. The number of aliphatic hydroxyl groups is 1. The Kier molecular flexibility index (Phi) is 4.04. The first-order valence-corrected chi connectivity index (χ1v) is 8.72. The largest absolute Gasteiger partial charge is 0.511 e.